The fraction of sp³-hybridized carbons (Fsp3) is 0.382. The van der Waals surface area contributed by atoms with E-state index in [2.05, 4.69) is 5.32 Å². The summed E-state index contributed by atoms with van der Waals surface area (Å²) in [6.45, 7) is 6.94. The van der Waals surface area contributed by atoms with E-state index in [0.29, 0.717) is 11.1 Å². The molecule has 2 N–H and O–H groups in total. The van der Waals surface area contributed by atoms with Crippen LogP contribution < -0.4 is 16.6 Å². The molecule has 0 aliphatic carbocycles. The number of hydrogen-bond donors (Lipinski definition) is 2. The van der Waals surface area contributed by atoms with Crippen molar-refractivity contribution in [2.24, 2.45) is 0 Å². The van der Waals surface area contributed by atoms with Crippen molar-refractivity contribution in [2.45, 2.75) is 66.5 Å². The van der Waals surface area contributed by atoms with Crippen LogP contribution in [0.1, 0.15) is 43.9 Å². The monoisotopic (exact) mass is 666 g/mol. The van der Waals surface area contributed by atoms with Crippen LogP contribution in [-0.2, 0) is 59.8 Å². The van der Waals surface area contributed by atoms with E-state index in [4.69, 9.17) is 18.9 Å². The van der Waals surface area contributed by atoms with E-state index in [9.17, 15) is 29.1 Å². The third kappa shape index (κ3) is 10.8. The van der Waals surface area contributed by atoms with Crippen molar-refractivity contribution >= 4 is 17.8 Å². The Balaban J connectivity index is 0.000000260. The van der Waals surface area contributed by atoms with Gasteiger partial charge in [-0.15, -0.1) is 0 Å². The number of aliphatic hydroxyl groups is 1. The molecular weight excluding hydrogens is 624 g/mol. The second-order valence-electron chi connectivity index (χ2n) is 10.7. The smallest absolute Gasteiger partial charge is 0.333 e. The minimum Gasteiger partial charge on any atom is -0.466 e. The molecule has 258 valence electrons. The predicted octanol–water partition coefficient (Wildman–Crippen LogP) is 2.15. The van der Waals surface area contributed by atoms with Gasteiger partial charge in [-0.2, -0.15) is 0 Å². The third-order valence-corrected chi connectivity index (χ3v) is 6.92. The second kappa shape index (κ2) is 18.3. The molecule has 2 aromatic carbocycles. The molecule has 14 heteroatoms. The molecule has 0 bridgehead atoms. The average molecular weight is 667 g/mol. The molecule has 0 saturated heterocycles. The highest BCUT2D eigenvalue weighted by Crippen LogP contribution is 2.22. The van der Waals surface area contributed by atoms with E-state index in [1.165, 1.54) is 12.4 Å². The van der Waals surface area contributed by atoms with Gasteiger partial charge in [0.05, 0.1) is 26.4 Å². The maximum atomic E-state index is 12.4. The molecule has 1 amide bonds. The SMILES string of the molecule is CCOC(=O)CC1(O)NC=C(C)C(=O)N1COCc1ccccc1.CCOC(=O)Cn1cc(C)c(=O)n(COCc2ccccc2)c1=O. The number of esters is 2. The lowest BCUT2D eigenvalue weighted by atomic mass is 10.1. The van der Waals surface area contributed by atoms with Gasteiger partial charge in [0.15, 0.2) is 0 Å². The summed E-state index contributed by atoms with van der Waals surface area (Å²) < 4.78 is 22.8. The normalized spacial score (nSPS) is 15.5. The van der Waals surface area contributed by atoms with Crippen molar-refractivity contribution in [1.82, 2.24) is 19.4 Å². The molecular formula is C34H42N4O10. The lowest BCUT2D eigenvalue weighted by Crippen LogP contribution is -2.63. The summed E-state index contributed by atoms with van der Waals surface area (Å²) in [4.78, 5) is 61.2. The fourth-order valence-electron chi connectivity index (χ4n) is 4.50. The fourth-order valence-corrected chi connectivity index (χ4v) is 4.50. The largest absolute Gasteiger partial charge is 0.466 e. The first-order chi connectivity index (χ1) is 23.0. The topological polar surface area (TPSA) is 168 Å². The van der Waals surface area contributed by atoms with Crippen LogP contribution in [-0.4, -0.2) is 62.8 Å². The summed E-state index contributed by atoms with van der Waals surface area (Å²) >= 11 is 0. The maximum Gasteiger partial charge on any atom is 0.333 e. The Hall–Kier alpha value is -5.05. The summed E-state index contributed by atoms with van der Waals surface area (Å²) in [5, 5.41) is 13.4. The van der Waals surface area contributed by atoms with E-state index in [-0.39, 0.29) is 46.4 Å². The summed E-state index contributed by atoms with van der Waals surface area (Å²) in [6, 6.07) is 18.9. The lowest BCUT2D eigenvalue weighted by Gasteiger charge is -2.41. The van der Waals surface area contributed by atoms with E-state index >= 15 is 0 Å². The first-order valence-electron chi connectivity index (χ1n) is 15.3. The number of aryl methyl sites for hydroxylation is 1. The van der Waals surface area contributed by atoms with E-state index in [1.807, 2.05) is 60.7 Å². The number of hydrogen-bond acceptors (Lipinski definition) is 11. The van der Waals surface area contributed by atoms with Crippen molar-refractivity contribution < 1.29 is 38.4 Å². The van der Waals surface area contributed by atoms with Crippen LogP contribution in [0.25, 0.3) is 0 Å². The molecule has 0 saturated carbocycles. The molecule has 2 heterocycles. The number of nitrogens with zero attached hydrogens (tertiary/aromatic N) is 3. The van der Waals surface area contributed by atoms with Crippen molar-refractivity contribution in [2.75, 3.05) is 19.9 Å². The molecule has 0 radical (unpaired) electrons. The zero-order chi connectivity index (χ0) is 35.1. The molecule has 0 spiro atoms. The summed E-state index contributed by atoms with van der Waals surface area (Å²) in [6.07, 6.45) is 2.34. The van der Waals surface area contributed by atoms with E-state index in [1.54, 1.807) is 27.7 Å². The van der Waals surface area contributed by atoms with Crippen LogP contribution in [0.3, 0.4) is 0 Å². The predicted molar refractivity (Wildman–Crippen MR) is 174 cm³/mol. The Labute approximate surface area is 278 Å². The molecule has 1 unspecified atom stereocenters. The Morgan fingerprint density at radius 1 is 0.812 bits per heavy atom. The van der Waals surface area contributed by atoms with Gasteiger partial charge in [0, 0.05) is 23.5 Å². The Morgan fingerprint density at radius 2 is 1.35 bits per heavy atom. The molecule has 1 aliphatic rings. The lowest BCUT2D eigenvalue weighted by molar-refractivity contribution is -0.194. The highest BCUT2D eigenvalue weighted by Gasteiger charge is 2.43. The van der Waals surface area contributed by atoms with Crippen molar-refractivity contribution in [1.29, 1.82) is 0 Å². The van der Waals surface area contributed by atoms with Crippen LogP contribution in [0.15, 0.2) is 88.2 Å². The summed E-state index contributed by atoms with van der Waals surface area (Å²) in [5.74, 6) is -3.43. The highest BCUT2D eigenvalue weighted by molar-refractivity contribution is 5.94. The van der Waals surface area contributed by atoms with Gasteiger partial charge in [0.2, 0.25) is 5.85 Å². The van der Waals surface area contributed by atoms with Crippen LogP contribution in [0.4, 0.5) is 0 Å². The van der Waals surface area contributed by atoms with Gasteiger partial charge in [-0.05, 0) is 38.8 Å². The van der Waals surface area contributed by atoms with Gasteiger partial charge in [0.25, 0.3) is 11.5 Å². The van der Waals surface area contributed by atoms with Gasteiger partial charge < -0.3 is 29.4 Å². The molecule has 3 aromatic rings. The zero-order valence-electron chi connectivity index (χ0n) is 27.5. The van der Waals surface area contributed by atoms with Gasteiger partial charge in [-0.3, -0.25) is 28.6 Å². The Bertz CT molecular complexity index is 1670. The first kappa shape index (κ1) is 37.4. The van der Waals surface area contributed by atoms with Crippen LogP contribution >= 0.6 is 0 Å². The number of benzene rings is 2. The standard InChI is InChI=1S/C17H22N2O5.C17H20N2O5/c1-3-24-15(20)9-17(22)18-10-13(2)16(21)19(17)12-23-11-14-7-5-4-6-8-14;1-3-24-15(20)10-18-9-13(2)16(21)19(17(18)22)12-23-11-14-7-5-4-6-8-14/h4-8,10,18,22H,3,9,11-12H2,1-2H3;4-9H,3,10-12H2,1-2H3. The molecule has 1 aromatic heterocycles. The van der Waals surface area contributed by atoms with Crippen molar-refractivity contribution in [3.05, 3.63) is 116 Å². The number of aromatic nitrogens is 2. The minimum absolute atomic E-state index is 0.165. The number of amides is 1. The molecule has 1 aliphatic heterocycles. The molecule has 14 nitrogen and oxygen atoms in total. The second-order valence-corrected chi connectivity index (χ2v) is 10.7. The number of rotatable bonds is 14. The summed E-state index contributed by atoms with van der Waals surface area (Å²) in [5.41, 5.74) is 1.59. The number of ether oxygens (including phenoxy) is 4. The third-order valence-electron chi connectivity index (χ3n) is 6.92. The molecule has 48 heavy (non-hydrogen) atoms. The van der Waals surface area contributed by atoms with Crippen molar-refractivity contribution in [3.63, 3.8) is 0 Å². The maximum absolute atomic E-state index is 12.4. The van der Waals surface area contributed by atoms with E-state index < -0.39 is 41.4 Å². The Kier molecular flexibility index (Phi) is 14.3. The summed E-state index contributed by atoms with van der Waals surface area (Å²) in [7, 11) is 0. The van der Waals surface area contributed by atoms with E-state index in [0.717, 1.165) is 25.2 Å². The average Bonchev–Trinajstić information content (AvgIpc) is 3.06. The zero-order valence-corrected chi connectivity index (χ0v) is 27.5. The minimum atomic E-state index is -1.88. The molecule has 0 fully saturated rings. The number of nitrogens with one attached hydrogen (secondary N) is 1. The number of carbonyl (C=O) groups is 3. The van der Waals surface area contributed by atoms with Crippen LogP contribution in [0, 0.1) is 6.92 Å². The van der Waals surface area contributed by atoms with Gasteiger partial charge in [-0.1, -0.05) is 60.7 Å². The van der Waals surface area contributed by atoms with Crippen molar-refractivity contribution in [3.8, 4) is 0 Å². The van der Waals surface area contributed by atoms with Gasteiger partial charge in [0.1, 0.15) is 26.4 Å². The molecule has 1 atom stereocenters. The number of carbonyl (C=O) groups excluding carboxylic acids is 3. The van der Waals surface area contributed by atoms with Crippen LogP contribution in [0.2, 0.25) is 0 Å². The quantitative estimate of drug-likeness (QED) is 0.242. The highest BCUT2D eigenvalue weighted by atomic mass is 16.5. The Morgan fingerprint density at radius 3 is 1.92 bits per heavy atom. The van der Waals surface area contributed by atoms with Crippen LogP contribution in [0.5, 0.6) is 0 Å². The van der Waals surface area contributed by atoms with Gasteiger partial charge >= 0.3 is 17.6 Å². The molecule has 4 rings (SSSR count). The van der Waals surface area contributed by atoms with Gasteiger partial charge in [-0.25, -0.2) is 9.36 Å². The first-order valence-corrected chi connectivity index (χ1v) is 15.3.